The molecule has 7 heteroatoms. The first-order chi connectivity index (χ1) is 13.7. The highest BCUT2D eigenvalue weighted by molar-refractivity contribution is 9.10. The maximum Gasteiger partial charge on any atom is 0.225 e. The molecule has 1 saturated heterocycles. The summed E-state index contributed by atoms with van der Waals surface area (Å²) in [6, 6.07) is 15.5. The molecule has 0 unspecified atom stereocenters. The van der Waals surface area contributed by atoms with Gasteiger partial charge in [0.1, 0.15) is 0 Å². The van der Waals surface area contributed by atoms with Crippen molar-refractivity contribution in [2.45, 2.75) is 32.1 Å². The van der Waals surface area contributed by atoms with E-state index in [1.807, 2.05) is 62.5 Å². The van der Waals surface area contributed by atoms with Crippen molar-refractivity contribution in [1.29, 1.82) is 0 Å². The van der Waals surface area contributed by atoms with Crippen LogP contribution in [0.5, 0.6) is 0 Å². The number of sulfonamides is 1. The molecule has 1 amide bonds. The minimum Gasteiger partial charge on any atom is -0.341 e. The summed E-state index contributed by atoms with van der Waals surface area (Å²) in [7, 11) is -1.57. The predicted molar refractivity (Wildman–Crippen MR) is 119 cm³/mol. The lowest BCUT2D eigenvalue weighted by Crippen LogP contribution is -2.43. The zero-order chi connectivity index (χ0) is 21.0. The smallest absolute Gasteiger partial charge is 0.225 e. The van der Waals surface area contributed by atoms with Gasteiger partial charge in [0.2, 0.25) is 15.9 Å². The van der Waals surface area contributed by atoms with Gasteiger partial charge in [-0.3, -0.25) is 4.79 Å². The van der Waals surface area contributed by atoms with Crippen LogP contribution in [0.3, 0.4) is 0 Å². The van der Waals surface area contributed by atoms with E-state index in [2.05, 4.69) is 15.9 Å². The molecule has 29 heavy (non-hydrogen) atoms. The molecule has 1 fully saturated rings. The first-order valence-electron chi connectivity index (χ1n) is 9.77. The van der Waals surface area contributed by atoms with Gasteiger partial charge in [0.05, 0.1) is 5.75 Å². The lowest BCUT2D eigenvalue weighted by atomic mass is 9.96. The zero-order valence-corrected chi connectivity index (χ0v) is 19.2. The molecule has 0 bridgehead atoms. The standard InChI is InChI=1S/C22H27BrN2O3S/c1-17-6-8-18(9-7-17)15-24(2)22(26)20-10-12-25(13-11-20)29(27,28)16-19-4-3-5-21(23)14-19/h3-9,14,20H,10-13,15-16H2,1-2H3. The molecule has 0 radical (unpaired) electrons. The number of aryl methyl sites for hydroxylation is 1. The maximum absolute atomic E-state index is 12.8. The number of benzene rings is 2. The van der Waals surface area contributed by atoms with E-state index in [-0.39, 0.29) is 17.6 Å². The molecule has 156 valence electrons. The summed E-state index contributed by atoms with van der Waals surface area (Å²) >= 11 is 3.38. The van der Waals surface area contributed by atoms with E-state index in [1.165, 1.54) is 9.87 Å². The Labute approximate surface area is 181 Å². The van der Waals surface area contributed by atoms with Crippen LogP contribution < -0.4 is 0 Å². The van der Waals surface area contributed by atoms with Crippen molar-refractivity contribution in [2.24, 2.45) is 5.92 Å². The number of hydrogen-bond acceptors (Lipinski definition) is 3. The minimum absolute atomic E-state index is 0.0155. The quantitative estimate of drug-likeness (QED) is 0.631. The second-order valence-corrected chi connectivity index (χ2v) is 10.6. The second-order valence-electron chi connectivity index (χ2n) is 7.74. The van der Waals surface area contributed by atoms with Crippen molar-refractivity contribution in [3.05, 3.63) is 69.7 Å². The Morgan fingerprint density at radius 1 is 1.10 bits per heavy atom. The van der Waals surface area contributed by atoms with Crippen molar-refractivity contribution in [3.8, 4) is 0 Å². The van der Waals surface area contributed by atoms with Crippen LogP contribution in [-0.4, -0.2) is 43.7 Å². The number of carbonyl (C=O) groups is 1. The fourth-order valence-corrected chi connectivity index (χ4v) is 5.66. The summed E-state index contributed by atoms with van der Waals surface area (Å²) in [5.74, 6) is -0.0457. The fraction of sp³-hybridized carbons (Fsp3) is 0.409. The lowest BCUT2D eigenvalue weighted by molar-refractivity contribution is -0.135. The van der Waals surface area contributed by atoms with Gasteiger partial charge in [0.25, 0.3) is 0 Å². The third kappa shape index (κ3) is 5.90. The van der Waals surface area contributed by atoms with Crippen molar-refractivity contribution in [2.75, 3.05) is 20.1 Å². The van der Waals surface area contributed by atoms with Gasteiger partial charge in [0.15, 0.2) is 0 Å². The average Bonchev–Trinajstić information content (AvgIpc) is 2.69. The van der Waals surface area contributed by atoms with E-state index < -0.39 is 10.0 Å². The third-order valence-electron chi connectivity index (χ3n) is 5.35. The van der Waals surface area contributed by atoms with Gasteiger partial charge in [-0.15, -0.1) is 0 Å². The van der Waals surface area contributed by atoms with Crippen LogP contribution in [0.4, 0.5) is 0 Å². The molecule has 0 aliphatic carbocycles. The van der Waals surface area contributed by atoms with Gasteiger partial charge in [-0.05, 0) is 43.0 Å². The highest BCUT2D eigenvalue weighted by atomic mass is 79.9. The Bertz CT molecular complexity index is 952. The van der Waals surface area contributed by atoms with E-state index in [4.69, 9.17) is 0 Å². The van der Waals surface area contributed by atoms with Gasteiger partial charge in [-0.25, -0.2) is 12.7 Å². The molecule has 0 aromatic heterocycles. The van der Waals surface area contributed by atoms with Crippen LogP contribution in [-0.2, 0) is 27.1 Å². The SMILES string of the molecule is Cc1ccc(CN(C)C(=O)C2CCN(S(=O)(=O)Cc3cccc(Br)c3)CC2)cc1. The van der Waals surface area contributed by atoms with Gasteiger partial charge in [-0.2, -0.15) is 0 Å². The highest BCUT2D eigenvalue weighted by Crippen LogP contribution is 2.24. The molecule has 0 atom stereocenters. The molecule has 3 rings (SSSR count). The Kier molecular flexibility index (Phi) is 7.14. The number of rotatable bonds is 6. The van der Waals surface area contributed by atoms with Crippen LogP contribution in [0.2, 0.25) is 0 Å². The molecule has 1 aliphatic heterocycles. The van der Waals surface area contributed by atoms with Gasteiger partial charge in [0, 0.05) is 37.1 Å². The zero-order valence-electron chi connectivity index (χ0n) is 16.8. The normalized spacial score (nSPS) is 16.0. The van der Waals surface area contributed by atoms with Crippen LogP contribution in [0.25, 0.3) is 0 Å². The summed E-state index contributed by atoms with van der Waals surface area (Å²) in [4.78, 5) is 14.6. The number of carbonyl (C=O) groups excluding carboxylic acids is 1. The van der Waals surface area contributed by atoms with E-state index in [0.717, 1.165) is 15.6 Å². The number of halogens is 1. The topological polar surface area (TPSA) is 57.7 Å². The highest BCUT2D eigenvalue weighted by Gasteiger charge is 2.32. The lowest BCUT2D eigenvalue weighted by Gasteiger charge is -2.32. The van der Waals surface area contributed by atoms with Gasteiger partial charge >= 0.3 is 0 Å². The molecular weight excluding hydrogens is 452 g/mol. The van der Waals surface area contributed by atoms with Gasteiger partial charge in [-0.1, -0.05) is 57.9 Å². The fourth-order valence-electron chi connectivity index (χ4n) is 3.67. The summed E-state index contributed by atoms with van der Waals surface area (Å²) < 4.78 is 27.9. The molecule has 0 spiro atoms. The number of hydrogen-bond donors (Lipinski definition) is 0. The van der Waals surface area contributed by atoms with Crippen LogP contribution in [0, 0.1) is 12.8 Å². The Balaban J connectivity index is 1.54. The first-order valence-corrected chi connectivity index (χ1v) is 12.2. The minimum atomic E-state index is -3.39. The average molecular weight is 479 g/mol. The molecule has 2 aromatic carbocycles. The number of nitrogens with zero attached hydrogens (tertiary/aromatic N) is 2. The second kappa shape index (κ2) is 9.41. The van der Waals surface area contributed by atoms with Crippen LogP contribution >= 0.6 is 15.9 Å². The number of amides is 1. The van der Waals surface area contributed by atoms with E-state index in [0.29, 0.717) is 32.5 Å². The summed E-state index contributed by atoms with van der Waals surface area (Å²) in [6.45, 7) is 3.40. The van der Waals surface area contributed by atoms with E-state index in [1.54, 1.807) is 4.90 Å². The molecule has 5 nitrogen and oxygen atoms in total. The molecule has 0 saturated carbocycles. The Morgan fingerprint density at radius 2 is 1.76 bits per heavy atom. The van der Waals surface area contributed by atoms with Crippen LogP contribution in [0.15, 0.2) is 53.0 Å². The molecule has 1 heterocycles. The van der Waals surface area contributed by atoms with Gasteiger partial charge < -0.3 is 4.90 Å². The maximum atomic E-state index is 12.8. The van der Waals surface area contributed by atoms with Crippen molar-refractivity contribution in [3.63, 3.8) is 0 Å². The molecular formula is C22H27BrN2O3S. The van der Waals surface area contributed by atoms with Crippen molar-refractivity contribution in [1.82, 2.24) is 9.21 Å². The molecule has 1 aliphatic rings. The van der Waals surface area contributed by atoms with Crippen molar-refractivity contribution < 1.29 is 13.2 Å². The summed E-state index contributed by atoms with van der Waals surface area (Å²) in [5, 5.41) is 0. The Morgan fingerprint density at radius 3 is 2.38 bits per heavy atom. The van der Waals surface area contributed by atoms with E-state index in [9.17, 15) is 13.2 Å². The first kappa shape index (κ1) is 22.0. The number of piperidine rings is 1. The largest absolute Gasteiger partial charge is 0.341 e. The summed E-state index contributed by atoms with van der Waals surface area (Å²) in [6.07, 6.45) is 1.13. The monoisotopic (exact) mass is 478 g/mol. The Hall–Kier alpha value is -1.70. The third-order valence-corrected chi connectivity index (χ3v) is 7.69. The molecule has 0 N–H and O–H groups in total. The molecule has 2 aromatic rings. The van der Waals surface area contributed by atoms with Crippen molar-refractivity contribution >= 4 is 31.9 Å². The van der Waals surface area contributed by atoms with Crippen LogP contribution in [0.1, 0.15) is 29.5 Å². The van der Waals surface area contributed by atoms with E-state index >= 15 is 0 Å². The predicted octanol–water partition coefficient (Wildman–Crippen LogP) is 3.96. The summed E-state index contributed by atoms with van der Waals surface area (Å²) in [5.41, 5.74) is 3.05.